The molecular formula is C14H27N3O4. The van der Waals surface area contributed by atoms with E-state index in [0.29, 0.717) is 6.42 Å². The van der Waals surface area contributed by atoms with E-state index in [1.807, 2.05) is 27.7 Å². The van der Waals surface area contributed by atoms with Gasteiger partial charge in [0.2, 0.25) is 5.91 Å². The lowest BCUT2D eigenvalue weighted by Crippen LogP contribution is -2.47. The fraction of sp³-hybridized carbons (Fsp3) is 0.786. The number of nitrogens with one attached hydrogen (secondary N) is 3. The zero-order valence-electron chi connectivity index (χ0n) is 13.2. The number of amides is 3. The van der Waals surface area contributed by atoms with Crippen LogP contribution in [0.4, 0.5) is 4.79 Å². The van der Waals surface area contributed by atoms with Crippen LogP contribution >= 0.6 is 0 Å². The Kier molecular flexibility index (Phi) is 9.16. The van der Waals surface area contributed by atoms with Crippen LogP contribution in [0.15, 0.2) is 0 Å². The Morgan fingerprint density at radius 2 is 1.71 bits per heavy atom. The van der Waals surface area contributed by atoms with Gasteiger partial charge in [-0.3, -0.25) is 4.79 Å². The second-order valence-electron chi connectivity index (χ2n) is 5.55. The van der Waals surface area contributed by atoms with Gasteiger partial charge in [-0.1, -0.05) is 20.8 Å². The molecule has 0 aromatic carbocycles. The van der Waals surface area contributed by atoms with Gasteiger partial charge in [0.15, 0.2) is 0 Å². The van der Waals surface area contributed by atoms with E-state index in [4.69, 9.17) is 5.11 Å². The largest absolute Gasteiger partial charge is 0.480 e. The molecule has 7 heteroatoms. The van der Waals surface area contributed by atoms with Crippen molar-refractivity contribution in [3.8, 4) is 0 Å². The molecule has 0 aromatic heterocycles. The Morgan fingerprint density at radius 3 is 2.19 bits per heavy atom. The molecule has 0 radical (unpaired) electrons. The fourth-order valence-electron chi connectivity index (χ4n) is 1.64. The monoisotopic (exact) mass is 301 g/mol. The molecule has 0 aromatic rings. The maximum Gasteiger partial charge on any atom is 0.326 e. The van der Waals surface area contributed by atoms with Crippen molar-refractivity contribution in [2.75, 3.05) is 6.54 Å². The van der Waals surface area contributed by atoms with Crippen LogP contribution in [0.5, 0.6) is 0 Å². The summed E-state index contributed by atoms with van der Waals surface area (Å²) in [5.74, 6) is -1.04. The number of hydrogen-bond acceptors (Lipinski definition) is 3. The van der Waals surface area contributed by atoms with Gasteiger partial charge in [-0.25, -0.2) is 9.59 Å². The van der Waals surface area contributed by atoms with E-state index in [9.17, 15) is 14.4 Å². The first kappa shape index (κ1) is 19.2. The Balaban J connectivity index is 4.03. The number of rotatable bonds is 9. The lowest BCUT2D eigenvalue weighted by Gasteiger charge is -2.17. The van der Waals surface area contributed by atoms with Crippen molar-refractivity contribution in [1.82, 2.24) is 16.0 Å². The van der Waals surface area contributed by atoms with Gasteiger partial charge in [0.1, 0.15) is 6.04 Å². The maximum atomic E-state index is 11.6. The Morgan fingerprint density at radius 1 is 1.10 bits per heavy atom. The summed E-state index contributed by atoms with van der Waals surface area (Å²) in [4.78, 5) is 34.1. The molecule has 21 heavy (non-hydrogen) atoms. The van der Waals surface area contributed by atoms with Gasteiger partial charge in [0, 0.05) is 19.0 Å². The van der Waals surface area contributed by atoms with Gasteiger partial charge in [0.05, 0.1) is 0 Å². The molecule has 0 aliphatic heterocycles. The Hall–Kier alpha value is -1.79. The second kappa shape index (κ2) is 10.0. The number of carboxylic acid groups (broad SMARTS) is 1. The summed E-state index contributed by atoms with van der Waals surface area (Å²) < 4.78 is 0. The molecule has 0 heterocycles. The summed E-state index contributed by atoms with van der Waals surface area (Å²) in [6, 6.07) is -1.38. The third kappa shape index (κ3) is 9.70. The van der Waals surface area contributed by atoms with Crippen molar-refractivity contribution in [1.29, 1.82) is 0 Å². The van der Waals surface area contributed by atoms with E-state index in [-0.39, 0.29) is 30.8 Å². The van der Waals surface area contributed by atoms with Crippen LogP contribution in [0.2, 0.25) is 0 Å². The summed E-state index contributed by atoms with van der Waals surface area (Å²) in [6.45, 7) is 7.81. The topological polar surface area (TPSA) is 108 Å². The average Bonchev–Trinajstić information content (AvgIpc) is 2.36. The minimum Gasteiger partial charge on any atom is -0.480 e. The van der Waals surface area contributed by atoms with Crippen LogP contribution in [-0.4, -0.2) is 41.6 Å². The number of carboxylic acids is 1. The summed E-state index contributed by atoms with van der Waals surface area (Å²) >= 11 is 0. The third-order valence-electron chi connectivity index (χ3n) is 2.97. The normalized spacial score (nSPS) is 13.4. The molecule has 0 bridgehead atoms. The van der Waals surface area contributed by atoms with E-state index < -0.39 is 18.0 Å². The molecule has 7 nitrogen and oxygen atoms in total. The lowest BCUT2D eigenvalue weighted by molar-refractivity contribution is -0.139. The number of aliphatic carboxylic acids is 1. The predicted molar refractivity (Wildman–Crippen MR) is 79.9 cm³/mol. The van der Waals surface area contributed by atoms with E-state index in [1.165, 1.54) is 0 Å². The molecule has 1 unspecified atom stereocenters. The maximum absolute atomic E-state index is 11.6. The number of carbonyl (C=O) groups is 3. The quantitative estimate of drug-likeness (QED) is 0.511. The first-order valence-electron chi connectivity index (χ1n) is 7.32. The van der Waals surface area contributed by atoms with Crippen molar-refractivity contribution in [3.05, 3.63) is 0 Å². The highest BCUT2D eigenvalue weighted by molar-refractivity contribution is 5.83. The summed E-state index contributed by atoms with van der Waals surface area (Å²) in [6.07, 6.45) is 1.37. The molecule has 0 saturated heterocycles. The first-order valence-corrected chi connectivity index (χ1v) is 7.32. The zero-order valence-corrected chi connectivity index (χ0v) is 13.2. The van der Waals surface area contributed by atoms with Crippen LogP contribution in [0.1, 0.15) is 47.0 Å². The summed E-state index contributed by atoms with van der Waals surface area (Å²) in [5, 5.41) is 16.7. The van der Waals surface area contributed by atoms with Gasteiger partial charge in [-0.05, 0) is 25.7 Å². The lowest BCUT2D eigenvalue weighted by atomic mass is 10.0. The first-order chi connectivity index (χ1) is 9.76. The van der Waals surface area contributed by atoms with Crippen LogP contribution in [0.3, 0.4) is 0 Å². The van der Waals surface area contributed by atoms with Crippen LogP contribution in [0, 0.1) is 5.92 Å². The standard InChI is InChI=1S/C14H27N3O4/c1-5-10(4)16-12(18)6-7-15-14(21)17-11(13(19)20)8-9(2)3/h9-11H,5-8H2,1-4H3,(H,16,18)(H,19,20)(H2,15,17,21)/t10?,11-/m0/s1. The highest BCUT2D eigenvalue weighted by atomic mass is 16.4. The van der Waals surface area contributed by atoms with Gasteiger partial charge >= 0.3 is 12.0 Å². The Labute approximate surface area is 125 Å². The smallest absolute Gasteiger partial charge is 0.326 e. The van der Waals surface area contributed by atoms with E-state index >= 15 is 0 Å². The summed E-state index contributed by atoms with van der Waals surface area (Å²) in [5.41, 5.74) is 0. The van der Waals surface area contributed by atoms with Gasteiger partial charge in [0.25, 0.3) is 0 Å². The number of urea groups is 1. The average molecular weight is 301 g/mol. The zero-order chi connectivity index (χ0) is 16.4. The van der Waals surface area contributed by atoms with E-state index in [1.54, 1.807) is 0 Å². The molecule has 0 rings (SSSR count). The minimum atomic E-state index is -1.06. The second-order valence-corrected chi connectivity index (χ2v) is 5.55. The van der Waals surface area contributed by atoms with Gasteiger partial charge in [-0.2, -0.15) is 0 Å². The van der Waals surface area contributed by atoms with Crippen molar-refractivity contribution in [3.63, 3.8) is 0 Å². The summed E-state index contributed by atoms with van der Waals surface area (Å²) in [7, 11) is 0. The van der Waals surface area contributed by atoms with Crippen LogP contribution in [0.25, 0.3) is 0 Å². The molecule has 4 N–H and O–H groups in total. The molecule has 0 aliphatic rings. The van der Waals surface area contributed by atoms with Crippen LogP contribution in [-0.2, 0) is 9.59 Å². The molecule has 3 amide bonds. The van der Waals surface area contributed by atoms with Crippen molar-refractivity contribution in [2.45, 2.75) is 59.0 Å². The number of carbonyl (C=O) groups excluding carboxylic acids is 2. The van der Waals surface area contributed by atoms with E-state index in [2.05, 4.69) is 16.0 Å². The van der Waals surface area contributed by atoms with Crippen molar-refractivity contribution >= 4 is 17.9 Å². The molecule has 0 spiro atoms. The molecule has 122 valence electrons. The number of hydrogen-bond donors (Lipinski definition) is 4. The molecular weight excluding hydrogens is 274 g/mol. The SMILES string of the molecule is CCC(C)NC(=O)CCNC(=O)N[C@@H](CC(C)C)C(=O)O. The van der Waals surface area contributed by atoms with Crippen LogP contribution < -0.4 is 16.0 Å². The van der Waals surface area contributed by atoms with Crippen molar-refractivity contribution in [2.24, 2.45) is 5.92 Å². The third-order valence-corrected chi connectivity index (χ3v) is 2.97. The Bertz CT molecular complexity index is 358. The van der Waals surface area contributed by atoms with E-state index in [0.717, 1.165) is 6.42 Å². The predicted octanol–water partition coefficient (Wildman–Crippen LogP) is 1.09. The van der Waals surface area contributed by atoms with Gasteiger partial charge < -0.3 is 21.1 Å². The highest BCUT2D eigenvalue weighted by Gasteiger charge is 2.20. The minimum absolute atomic E-state index is 0.105. The molecule has 2 atom stereocenters. The van der Waals surface area contributed by atoms with Crippen molar-refractivity contribution < 1.29 is 19.5 Å². The fourth-order valence-corrected chi connectivity index (χ4v) is 1.64. The molecule has 0 saturated carbocycles. The molecule has 0 fully saturated rings. The molecule has 0 aliphatic carbocycles. The highest BCUT2D eigenvalue weighted by Crippen LogP contribution is 2.04. The van der Waals surface area contributed by atoms with Gasteiger partial charge in [-0.15, -0.1) is 0 Å².